The lowest BCUT2D eigenvalue weighted by Gasteiger charge is -2.08. The van der Waals surface area contributed by atoms with E-state index < -0.39 is 0 Å². The van der Waals surface area contributed by atoms with E-state index in [9.17, 15) is 0 Å². The standard InChI is InChI=1S/C11H12N2O2S/c12-11-13-9(7-16-11)8-3-1-2-4-10(8)15-6-5-14/h1-4,7,14H,5-6H2,(H2,12,13). The Hall–Kier alpha value is -1.59. The second-order valence-corrected chi connectivity index (χ2v) is 4.03. The molecule has 2 aromatic rings. The van der Waals surface area contributed by atoms with Gasteiger partial charge in [-0.1, -0.05) is 12.1 Å². The summed E-state index contributed by atoms with van der Waals surface area (Å²) in [6.07, 6.45) is 0. The van der Waals surface area contributed by atoms with Crippen LogP contribution in [0.3, 0.4) is 0 Å². The van der Waals surface area contributed by atoms with Crippen LogP contribution in [0.1, 0.15) is 0 Å². The number of nitrogens with two attached hydrogens (primary N) is 1. The molecule has 84 valence electrons. The summed E-state index contributed by atoms with van der Waals surface area (Å²) in [5.41, 5.74) is 7.29. The average molecular weight is 236 g/mol. The van der Waals surface area contributed by atoms with E-state index in [0.717, 1.165) is 11.3 Å². The summed E-state index contributed by atoms with van der Waals surface area (Å²) in [6.45, 7) is 0.268. The second-order valence-electron chi connectivity index (χ2n) is 3.14. The predicted octanol–water partition coefficient (Wildman–Crippen LogP) is 1.76. The molecule has 0 amide bonds. The normalized spacial score (nSPS) is 10.3. The number of aliphatic hydroxyl groups is 1. The Labute approximate surface area is 97.3 Å². The van der Waals surface area contributed by atoms with Crippen molar-refractivity contribution in [2.24, 2.45) is 0 Å². The monoisotopic (exact) mass is 236 g/mol. The predicted molar refractivity (Wildman–Crippen MR) is 64.5 cm³/mol. The summed E-state index contributed by atoms with van der Waals surface area (Å²) < 4.78 is 5.42. The lowest BCUT2D eigenvalue weighted by atomic mass is 10.1. The molecule has 1 aromatic heterocycles. The van der Waals surface area contributed by atoms with Crippen molar-refractivity contribution in [3.05, 3.63) is 29.6 Å². The van der Waals surface area contributed by atoms with E-state index in [1.807, 2.05) is 29.6 Å². The molecule has 0 bridgehead atoms. The summed E-state index contributed by atoms with van der Waals surface area (Å²) in [6, 6.07) is 7.56. The quantitative estimate of drug-likeness (QED) is 0.848. The smallest absolute Gasteiger partial charge is 0.180 e. The minimum atomic E-state index is -0.00641. The first-order valence-corrected chi connectivity index (χ1v) is 5.73. The summed E-state index contributed by atoms with van der Waals surface area (Å²) in [4.78, 5) is 4.20. The van der Waals surface area contributed by atoms with Gasteiger partial charge < -0.3 is 15.6 Å². The van der Waals surface area contributed by atoms with E-state index in [4.69, 9.17) is 15.6 Å². The maximum Gasteiger partial charge on any atom is 0.180 e. The first-order chi connectivity index (χ1) is 7.81. The summed E-state index contributed by atoms with van der Waals surface area (Å²) >= 11 is 1.39. The molecule has 1 aromatic carbocycles. The molecular weight excluding hydrogens is 224 g/mol. The Morgan fingerprint density at radius 3 is 2.88 bits per heavy atom. The average Bonchev–Trinajstić information content (AvgIpc) is 2.73. The molecule has 0 spiro atoms. The van der Waals surface area contributed by atoms with Gasteiger partial charge in [-0.25, -0.2) is 4.98 Å². The van der Waals surface area contributed by atoms with Gasteiger partial charge in [0.25, 0.3) is 0 Å². The number of nitrogens with zero attached hydrogens (tertiary/aromatic N) is 1. The van der Waals surface area contributed by atoms with Gasteiger partial charge in [-0.3, -0.25) is 0 Å². The highest BCUT2D eigenvalue weighted by Crippen LogP contribution is 2.31. The lowest BCUT2D eigenvalue weighted by molar-refractivity contribution is 0.202. The van der Waals surface area contributed by atoms with Gasteiger partial charge in [-0.2, -0.15) is 0 Å². The zero-order valence-electron chi connectivity index (χ0n) is 8.59. The molecule has 0 unspecified atom stereocenters. The molecule has 16 heavy (non-hydrogen) atoms. The van der Waals surface area contributed by atoms with E-state index in [1.54, 1.807) is 0 Å². The van der Waals surface area contributed by atoms with Crippen LogP contribution < -0.4 is 10.5 Å². The van der Waals surface area contributed by atoms with E-state index in [2.05, 4.69) is 4.98 Å². The maximum atomic E-state index is 8.73. The molecule has 0 saturated heterocycles. The van der Waals surface area contributed by atoms with Crippen molar-refractivity contribution < 1.29 is 9.84 Å². The van der Waals surface area contributed by atoms with Crippen molar-refractivity contribution in [3.8, 4) is 17.0 Å². The molecule has 0 atom stereocenters. The number of aliphatic hydroxyl groups excluding tert-OH is 1. The van der Waals surface area contributed by atoms with Gasteiger partial charge >= 0.3 is 0 Å². The number of hydrogen-bond acceptors (Lipinski definition) is 5. The second kappa shape index (κ2) is 4.96. The van der Waals surface area contributed by atoms with Gasteiger partial charge in [0.1, 0.15) is 12.4 Å². The number of aromatic nitrogens is 1. The maximum absolute atomic E-state index is 8.73. The molecule has 5 heteroatoms. The topological polar surface area (TPSA) is 68.4 Å². The fourth-order valence-corrected chi connectivity index (χ4v) is 1.93. The molecular formula is C11H12N2O2S. The van der Waals surface area contributed by atoms with Crippen molar-refractivity contribution >= 4 is 16.5 Å². The van der Waals surface area contributed by atoms with Crippen LogP contribution in [0, 0.1) is 0 Å². The van der Waals surface area contributed by atoms with Gasteiger partial charge in [0.15, 0.2) is 5.13 Å². The van der Waals surface area contributed by atoms with Crippen LogP contribution in [0.25, 0.3) is 11.3 Å². The Bertz CT molecular complexity index is 471. The summed E-state index contributed by atoms with van der Waals surface area (Å²) in [7, 11) is 0. The van der Waals surface area contributed by atoms with Crippen LogP contribution in [0.2, 0.25) is 0 Å². The first-order valence-electron chi connectivity index (χ1n) is 4.85. The summed E-state index contributed by atoms with van der Waals surface area (Å²) in [5.74, 6) is 0.710. The number of ether oxygens (including phenoxy) is 1. The highest BCUT2D eigenvalue weighted by molar-refractivity contribution is 7.13. The molecule has 0 aliphatic rings. The summed E-state index contributed by atoms with van der Waals surface area (Å²) in [5, 5.41) is 11.2. The minimum Gasteiger partial charge on any atom is -0.490 e. The van der Waals surface area contributed by atoms with Crippen molar-refractivity contribution in [2.75, 3.05) is 18.9 Å². The third-order valence-electron chi connectivity index (χ3n) is 2.03. The largest absolute Gasteiger partial charge is 0.490 e. The van der Waals surface area contributed by atoms with Crippen LogP contribution in [-0.2, 0) is 0 Å². The molecule has 0 fully saturated rings. The molecule has 1 heterocycles. The lowest BCUT2D eigenvalue weighted by Crippen LogP contribution is -2.02. The van der Waals surface area contributed by atoms with Gasteiger partial charge in [0.05, 0.1) is 12.3 Å². The molecule has 3 N–H and O–H groups in total. The number of rotatable bonds is 4. The van der Waals surface area contributed by atoms with Crippen molar-refractivity contribution in [1.82, 2.24) is 4.98 Å². The Balaban J connectivity index is 2.32. The third kappa shape index (κ3) is 2.32. The van der Waals surface area contributed by atoms with E-state index in [0.29, 0.717) is 10.9 Å². The molecule has 0 radical (unpaired) electrons. The fraction of sp³-hybridized carbons (Fsp3) is 0.182. The van der Waals surface area contributed by atoms with Crippen LogP contribution in [0.5, 0.6) is 5.75 Å². The Morgan fingerprint density at radius 1 is 1.38 bits per heavy atom. The minimum absolute atomic E-state index is 0.00641. The van der Waals surface area contributed by atoms with Crippen LogP contribution >= 0.6 is 11.3 Å². The SMILES string of the molecule is Nc1nc(-c2ccccc2OCCO)cs1. The van der Waals surface area contributed by atoms with Gasteiger partial charge in [-0.15, -0.1) is 11.3 Å². The van der Waals surface area contributed by atoms with E-state index in [-0.39, 0.29) is 13.2 Å². The Morgan fingerprint density at radius 2 is 2.19 bits per heavy atom. The highest BCUT2D eigenvalue weighted by Gasteiger charge is 2.08. The van der Waals surface area contributed by atoms with Crippen molar-refractivity contribution in [1.29, 1.82) is 0 Å². The van der Waals surface area contributed by atoms with Crippen molar-refractivity contribution in [2.45, 2.75) is 0 Å². The van der Waals surface area contributed by atoms with Gasteiger partial charge in [0.2, 0.25) is 0 Å². The number of benzene rings is 1. The number of hydrogen-bond donors (Lipinski definition) is 2. The molecule has 0 aliphatic carbocycles. The number of anilines is 1. The number of para-hydroxylation sites is 1. The van der Waals surface area contributed by atoms with Gasteiger partial charge in [0, 0.05) is 10.9 Å². The van der Waals surface area contributed by atoms with Crippen LogP contribution in [0.4, 0.5) is 5.13 Å². The fourth-order valence-electron chi connectivity index (χ4n) is 1.37. The molecule has 0 saturated carbocycles. The van der Waals surface area contributed by atoms with E-state index >= 15 is 0 Å². The van der Waals surface area contributed by atoms with Crippen LogP contribution in [-0.4, -0.2) is 23.3 Å². The molecule has 0 aliphatic heterocycles. The number of nitrogen functional groups attached to an aromatic ring is 1. The van der Waals surface area contributed by atoms with Gasteiger partial charge in [-0.05, 0) is 12.1 Å². The van der Waals surface area contributed by atoms with E-state index in [1.165, 1.54) is 11.3 Å². The zero-order chi connectivity index (χ0) is 11.4. The molecule has 4 nitrogen and oxygen atoms in total. The van der Waals surface area contributed by atoms with Crippen molar-refractivity contribution in [3.63, 3.8) is 0 Å². The third-order valence-corrected chi connectivity index (χ3v) is 2.71. The first kappa shape index (κ1) is 10.9. The number of thiazole rings is 1. The molecule has 2 rings (SSSR count). The highest BCUT2D eigenvalue weighted by atomic mass is 32.1. The van der Waals surface area contributed by atoms with Crippen LogP contribution in [0.15, 0.2) is 29.6 Å². The Kier molecular flexibility index (Phi) is 3.38. The zero-order valence-corrected chi connectivity index (χ0v) is 9.41.